The lowest BCUT2D eigenvalue weighted by Gasteiger charge is -2.33. The molecule has 3 aliphatic carbocycles. The molecule has 0 aromatic carbocycles. The molecule has 5 nitrogen and oxygen atoms in total. The number of nitrogens with one attached hydrogen (secondary N) is 1. The molecule has 3 saturated carbocycles. The SMILES string of the molecule is CC(O)C(NC(=O)C1CC1)C(=O)N1CCCC1CC1CC2CCC1C2. The number of hydrogen-bond donors (Lipinski definition) is 2. The monoisotopic (exact) mass is 348 g/mol. The van der Waals surface area contributed by atoms with Crippen LogP contribution < -0.4 is 5.32 Å². The van der Waals surface area contributed by atoms with Gasteiger partial charge in [0.25, 0.3) is 0 Å². The molecule has 4 rings (SSSR count). The number of carbonyl (C=O) groups excluding carboxylic acids is 2. The van der Waals surface area contributed by atoms with Crippen LogP contribution in [0.1, 0.15) is 64.7 Å². The second-order valence-corrected chi connectivity index (χ2v) is 9.00. The summed E-state index contributed by atoms with van der Waals surface area (Å²) in [5.74, 6) is 2.51. The first-order valence-corrected chi connectivity index (χ1v) is 10.3. The van der Waals surface area contributed by atoms with E-state index in [1.54, 1.807) is 6.92 Å². The minimum absolute atomic E-state index is 0.0532. The minimum atomic E-state index is -0.848. The fourth-order valence-corrected chi connectivity index (χ4v) is 5.57. The maximum atomic E-state index is 13.1. The highest BCUT2D eigenvalue weighted by atomic mass is 16.3. The molecule has 4 fully saturated rings. The van der Waals surface area contributed by atoms with Crippen molar-refractivity contribution < 1.29 is 14.7 Å². The van der Waals surface area contributed by atoms with Crippen molar-refractivity contribution in [3.63, 3.8) is 0 Å². The smallest absolute Gasteiger partial charge is 0.248 e. The first-order valence-electron chi connectivity index (χ1n) is 10.3. The van der Waals surface area contributed by atoms with E-state index in [1.807, 2.05) is 4.90 Å². The van der Waals surface area contributed by atoms with Gasteiger partial charge in [-0.1, -0.05) is 6.42 Å². The molecule has 2 bridgehead atoms. The van der Waals surface area contributed by atoms with Crippen molar-refractivity contribution in [3.05, 3.63) is 0 Å². The Balaban J connectivity index is 1.39. The zero-order valence-corrected chi connectivity index (χ0v) is 15.3. The van der Waals surface area contributed by atoms with Gasteiger partial charge in [0.2, 0.25) is 11.8 Å². The van der Waals surface area contributed by atoms with E-state index in [4.69, 9.17) is 0 Å². The number of fused-ring (bicyclic) bond motifs is 2. The number of rotatable bonds is 6. The summed E-state index contributed by atoms with van der Waals surface area (Å²) in [4.78, 5) is 27.1. The average molecular weight is 348 g/mol. The molecule has 2 N–H and O–H groups in total. The third kappa shape index (κ3) is 3.57. The van der Waals surface area contributed by atoms with Gasteiger partial charge in [-0.15, -0.1) is 0 Å². The van der Waals surface area contributed by atoms with E-state index < -0.39 is 12.1 Å². The van der Waals surface area contributed by atoms with Crippen LogP contribution in [0.4, 0.5) is 0 Å². The van der Waals surface area contributed by atoms with Gasteiger partial charge in [0, 0.05) is 18.5 Å². The molecular weight excluding hydrogens is 316 g/mol. The van der Waals surface area contributed by atoms with Crippen molar-refractivity contribution in [2.45, 2.75) is 82.9 Å². The van der Waals surface area contributed by atoms with Crippen LogP contribution in [-0.2, 0) is 9.59 Å². The Bertz CT molecular complexity index is 531. The molecule has 1 aliphatic heterocycles. The molecule has 1 heterocycles. The average Bonchev–Trinajstić information content (AvgIpc) is 3.00. The van der Waals surface area contributed by atoms with Crippen LogP contribution in [0.15, 0.2) is 0 Å². The molecular formula is C20H32N2O3. The molecule has 1 saturated heterocycles. The number of amides is 2. The van der Waals surface area contributed by atoms with E-state index >= 15 is 0 Å². The second-order valence-electron chi connectivity index (χ2n) is 9.00. The number of nitrogens with zero attached hydrogens (tertiary/aromatic N) is 1. The van der Waals surface area contributed by atoms with E-state index in [0.29, 0.717) is 6.04 Å². The molecule has 25 heavy (non-hydrogen) atoms. The van der Waals surface area contributed by atoms with Crippen LogP contribution in [0.2, 0.25) is 0 Å². The Kier molecular flexibility index (Phi) is 4.78. The second kappa shape index (κ2) is 6.90. The normalized spacial score (nSPS) is 36.5. The van der Waals surface area contributed by atoms with Gasteiger partial charge in [0.05, 0.1) is 6.10 Å². The van der Waals surface area contributed by atoms with Gasteiger partial charge in [0.1, 0.15) is 6.04 Å². The van der Waals surface area contributed by atoms with Crippen molar-refractivity contribution >= 4 is 11.8 Å². The lowest BCUT2D eigenvalue weighted by molar-refractivity contribution is -0.140. The first-order chi connectivity index (χ1) is 12.0. The highest BCUT2D eigenvalue weighted by Gasteiger charge is 2.43. The van der Waals surface area contributed by atoms with Gasteiger partial charge >= 0.3 is 0 Å². The number of carbonyl (C=O) groups is 2. The van der Waals surface area contributed by atoms with E-state index in [-0.39, 0.29) is 17.7 Å². The molecule has 6 atom stereocenters. The van der Waals surface area contributed by atoms with Crippen LogP contribution in [-0.4, -0.2) is 46.6 Å². The summed E-state index contributed by atoms with van der Waals surface area (Å²) in [5, 5.41) is 12.9. The maximum absolute atomic E-state index is 13.1. The fourth-order valence-electron chi connectivity index (χ4n) is 5.57. The third-order valence-corrected chi connectivity index (χ3v) is 7.11. The lowest BCUT2D eigenvalue weighted by Crippen LogP contribution is -2.55. The summed E-state index contributed by atoms with van der Waals surface area (Å²) in [6, 6.07) is -0.482. The Morgan fingerprint density at radius 1 is 1.16 bits per heavy atom. The molecule has 0 aromatic heterocycles. The molecule has 0 aromatic rings. The third-order valence-electron chi connectivity index (χ3n) is 7.11. The standard InChI is InChI=1S/C20H32N2O3/c1-12(23)18(21-19(24)14-6-7-14)20(25)22-8-2-3-17(22)11-16-10-13-4-5-15(16)9-13/h12-18,23H,2-11H2,1H3,(H,21,24). The zero-order chi connectivity index (χ0) is 17.6. The van der Waals surface area contributed by atoms with Gasteiger partial charge in [-0.2, -0.15) is 0 Å². The van der Waals surface area contributed by atoms with Crippen LogP contribution in [0.3, 0.4) is 0 Å². The summed E-state index contributed by atoms with van der Waals surface area (Å²) in [6.45, 7) is 2.38. The Morgan fingerprint density at radius 2 is 1.96 bits per heavy atom. The topological polar surface area (TPSA) is 69.6 Å². The zero-order valence-electron chi connectivity index (χ0n) is 15.3. The Hall–Kier alpha value is -1.10. The van der Waals surface area contributed by atoms with Crippen molar-refractivity contribution in [1.29, 1.82) is 0 Å². The van der Waals surface area contributed by atoms with Crippen molar-refractivity contribution in [1.82, 2.24) is 10.2 Å². The van der Waals surface area contributed by atoms with Gasteiger partial charge in [-0.3, -0.25) is 9.59 Å². The highest BCUT2D eigenvalue weighted by Crippen LogP contribution is 2.50. The van der Waals surface area contributed by atoms with E-state index in [2.05, 4.69) is 5.32 Å². The van der Waals surface area contributed by atoms with Gasteiger partial charge in [-0.05, 0) is 76.0 Å². The van der Waals surface area contributed by atoms with E-state index in [0.717, 1.165) is 56.4 Å². The summed E-state index contributed by atoms with van der Waals surface area (Å²) in [6.07, 6.45) is 9.74. The lowest BCUT2D eigenvalue weighted by atomic mass is 9.83. The summed E-state index contributed by atoms with van der Waals surface area (Å²) >= 11 is 0. The highest BCUT2D eigenvalue weighted by molar-refractivity contribution is 5.90. The van der Waals surface area contributed by atoms with E-state index in [1.165, 1.54) is 25.7 Å². The summed E-state index contributed by atoms with van der Waals surface area (Å²) in [7, 11) is 0. The predicted molar refractivity (Wildman–Crippen MR) is 94.6 cm³/mol. The van der Waals surface area contributed by atoms with Crippen molar-refractivity contribution in [3.8, 4) is 0 Å². The number of aliphatic hydroxyl groups excluding tert-OH is 1. The predicted octanol–water partition coefficient (Wildman–Crippen LogP) is 2.08. The molecule has 4 aliphatic rings. The molecule has 140 valence electrons. The number of hydrogen-bond acceptors (Lipinski definition) is 3. The Labute approximate surface area is 150 Å². The largest absolute Gasteiger partial charge is 0.391 e. The number of likely N-dealkylation sites (tertiary alicyclic amines) is 1. The summed E-state index contributed by atoms with van der Waals surface area (Å²) in [5.41, 5.74) is 0. The minimum Gasteiger partial charge on any atom is -0.391 e. The van der Waals surface area contributed by atoms with Gasteiger partial charge in [0.15, 0.2) is 0 Å². The maximum Gasteiger partial charge on any atom is 0.248 e. The van der Waals surface area contributed by atoms with Crippen LogP contribution in [0.5, 0.6) is 0 Å². The van der Waals surface area contributed by atoms with Gasteiger partial charge < -0.3 is 15.3 Å². The molecule has 0 spiro atoms. The molecule has 2 amide bonds. The van der Waals surface area contributed by atoms with Crippen LogP contribution in [0.25, 0.3) is 0 Å². The van der Waals surface area contributed by atoms with Crippen LogP contribution in [0, 0.1) is 23.7 Å². The molecule has 5 heteroatoms. The summed E-state index contributed by atoms with van der Waals surface area (Å²) < 4.78 is 0. The first kappa shape index (κ1) is 17.3. The van der Waals surface area contributed by atoms with Gasteiger partial charge in [-0.25, -0.2) is 0 Å². The van der Waals surface area contributed by atoms with E-state index in [9.17, 15) is 14.7 Å². The number of aliphatic hydroxyl groups is 1. The molecule has 6 unspecified atom stereocenters. The fraction of sp³-hybridized carbons (Fsp3) is 0.900. The van der Waals surface area contributed by atoms with Crippen molar-refractivity contribution in [2.75, 3.05) is 6.54 Å². The Morgan fingerprint density at radius 3 is 2.56 bits per heavy atom. The molecule has 0 radical (unpaired) electrons. The quantitative estimate of drug-likeness (QED) is 0.772. The van der Waals surface area contributed by atoms with Crippen LogP contribution >= 0.6 is 0 Å². The van der Waals surface area contributed by atoms with Crippen molar-refractivity contribution in [2.24, 2.45) is 23.7 Å².